The van der Waals surface area contributed by atoms with Gasteiger partial charge < -0.3 is 9.14 Å². The maximum absolute atomic E-state index is 11.7. The van der Waals surface area contributed by atoms with Crippen molar-refractivity contribution in [2.45, 2.75) is 33.1 Å². The SMILES string of the molecule is COc1ccc(-c2cc3cc(C)ccn3c2C=O)cc1C(C)(C)C. The molecular formula is C21H23NO2. The number of aldehydes is 1. The Hall–Kier alpha value is -2.55. The highest BCUT2D eigenvalue weighted by molar-refractivity contribution is 5.90. The van der Waals surface area contributed by atoms with Crippen LogP contribution in [0.25, 0.3) is 16.6 Å². The zero-order chi connectivity index (χ0) is 17.5. The lowest BCUT2D eigenvalue weighted by Crippen LogP contribution is -2.13. The first kappa shape index (κ1) is 16.3. The van der Waals surface area contributed by atoms with E-state index in [4.69, 9.17) is 4.74 Å². The summed E-state index contributed by atoms with van der Waals surface area (Å²) in [7, 11) is 1.69. The van der Waals surface area contributed by atoms with Crippen molar-refractivity contribution >= 4 is 11.8 Å². The van der Waals surface area contributed by atoms with Crippen LogP contribution in [0.1, 0.15) is 42.4 Å². The number of aryl methyl sites for hydroxylation is 1. The predicted octanol–water partition coefficient (Wildman–Crippen LogP) is 5.03. The molecule has 0 saturated heterocycles. The van der Waals surface area contributed by atoms with E-state index in [2.05, 4.69) is 45.9 Å². The van der Waals surface area contributed by atoms with Crippen molar-refractivity contribution < 1.29 is 9.53 Å². The summed E-state index contributed by atoms with van der Waals surface area (Å²) < 4.78 is 7.46. The number of benzene rings is 1. The van der Waals surface area contributed by atoms with Crippen LogP contribution in [0.15, 0.2) is 42.6 Å². The number of hydrogen-bond acceptors (Lipinski definition) is 2. The second-order valence-electron chi connectivity index (χ2n) is 7.23. The van der Waals surface area contributed by atoms with Crippen LogP contribution in [0.5, 0.6) is 5.75 Å². The highest BCUT2D eigenvalue weighted by atomic mass is 16.5. The van der Waals surface area contributed by atoms with Crippen LogP contribution >= 0.6 is 0 Å². The second kappa shape index (κ2) is 5.82. The Kier molecular flexibility index (Phi) is 3.96. The van der Waals surface area contributed by atoms with Gasteiger partial charge in [0.25, 0.3) is 0 Å². The minimum absolute atomic E-state index is 0.0432. The van der Waals surface area contributed by atoms with Crippen molar-refractivity contribution in [2.75, 3.05) is 7.11 Å². The van der Waals surface area contributed by atoms with E-state index in [1.165, 1.54) is 5.56 Å². The van der Waals surface area contributed by atoms with Crippen LogP contribution in [0.4, 0.5) is 0 Å². The van der Waals surface area contributed by atoms with Gasteiger partial charge in [0, 0.05) is 22.8 Å². The van der Waals surface area contributed by atoms with Crippen LogP contribution < -0.4 is 4.74 Å². The van der Waals surface area contributed by atoms with Gasteiger partial charge in [0.15, 0.2) is 6.29 Å². The number of ether oxygens (including phenoxy) is 1. The number of hydrogen-bond donors (Lipinski definition) is 0. The van der Waals surface area contributed by atoms with Crippen molar-refractivity contribution in [3.63, 3.8) is 0 Å². The molecule has 124 valence electrons. The number of pyridine rings is 1. The Morgan fingerprint density at radius 3 is 2.46 bits per heavy atom. The fraction of sp³-hybridized carbons (Fsp3) is 0.286. The molecule has 0 bridgehead atoms. The predicted molar refractivity (Wildman–Crippen MR) is 98.2 cm³/mol. The molecule has 2 heterocycles. The number of fused-ring (bicyclic) bond motifs is 1. The third-order valence-corrected chi connectivity index (χ3v) is 4.40. The third-order valence-electron chi connectivity index (χ3n) is 4.40. The Labute approximate surface area is 142 Å². The standard InChI is InChI=1S/C21H23NO2/c1-14-8-9-22-16(10-14)12-17(19(22)13-23)15-6-7-20(24-5)18(11-15)21(2,3)4/h6-13H,1-5H3. The smallest absolute Gasteiger partial charge is 0.167 e. The first-order valence-corrected chi connectivity index (χ1v) is 8.11. The molecule has 3 nitrogen and oxygen atoms in total. The van der Waals surface area contributed by atoms with E-state index in [1.54, 1.807) is 7.11 Å². The minimum atomic E-state index is -0.0432. The van der Waals surface area contributed by atoms with Crippen LogP contribution in [0, 0.1) is 6.92 Å². The van der Waals surface area contributed by atoms with Gasteiger partial charge in [0.1, 0.15) is 5.75 Å². The quantitative estimate of drug-likeness (QED) is 0.633. The van der Waals surface area contributed by atoms with Crippen LogP contribution in [-0.4, -0.2) is 17.8 Å². The van der Waals surface area contributed by atoms with E-state index in [0.717, 1.165) is 34.2 Å². The van der Waals surface area contributed by atoms with Gasteiger partial charge in [-0.05, 0) is 53.8 Å². The van der Waals surface area contributed by atoms with Gasteiger partial charge in [-0.2, -0.15) is 0 Å². The molecule has 1 aromatic carbocycles. The molecule has 0 aliphatic rings. The lowest BCUT2D eigenvalue weighted by molar-refractivity contribution is 0.111. The molecule has 0 amide bonds. The normalized spacial score (nSPS) is 11.7. The van der Waals surface area contributed by atoms with E-state index in [9.17, 15) is 4.79 Å². The molecule has 24 heavy (non-hydrogen) atoms. The second-order valence-corrected chi connectivity index (χ2v) is 7.23. The van der Waals surface area contributed by atoms with Gasteiger partial charge in [-0.25, -0.2) is 0 Å². The van der Waals surface area contributed by atoms with Crippen LogP contribution in [-0.2, 0) is 5.41 Å². The molecule has 0 fully saturated rings. The number of aromatic nitrogens is 1. The monoisotopic (exact) mass is 321 g/mol. The Morgan fingerprint density at radius 1 is 1.08 bits per heavy atom. The molecule has 3 rings (SSSR count). The van der Waals surface area contributed by atoms with Gasteiger partial charge in [-0.3, -0.25) is 4.79 Å². The lowest BCUT2D eigenvalue weighted by Gasteiger charge is -2.23. The fourth-order valence-electron chi connectivity index (χ4n) is 3.12. The number of carbonyl (C=O) groups excluding carboxylic acids is 1. The average molecular weight is 321 g/mol. The molecule has 0 unspecified atom stereocenters. The largest absolute Gasteiger partial charge is 0.496 e. The summed E-state index contributed by atoms with van der Waals surface area (Å²) in [5.74, 6) is 0.874. The van der Waals surface area contributed by atoms with Crippen molar-refractivity contribution in [3.05, 3.63) is 59.4 Å². The lowest BCUT2D eigenvalue weighted by atomic mass is 9.84. The maximum Gasteiger partial charge on any atom is 0.167 e. The molecule has 0 atom stereocenters. The van der Waals surface area contributed by atoms with E-state index in [1.807, 2.05) is 28.8 Å². The average Bonchev–Trinajstić information content (AvgIpc) is 2.90. The van der Waals surface area contributed by atoms with E-state index < -0.39 is 0 Å². The summed E-state index contributed by atoms with van der Waals surface area (Å²) in [6, 6.07) is 12.3. The zero-order valence-corrected chi connectivity index (χ0v) is 14.9. The molecule has 3 heteroatoms. The zero-order valence-electron chi connectivity index (χ0n) is 14.9. The van der Waals surface area contributed by atoms with E-state index in [-0.39, 0.29) is 5.41 Å². The van der Waals surface area contributed by atoms with Crippen LogP contribution in [0.3, 0.4) is 0 Å². The van der Waals surface area contributed by atoms with Gasteiger partial charge >= 0.3 is 0 Å². The van der Waals surface area contributed by atoms with Crippen LogP contribution in [0.2, 0.25) is 0 Å². The summed E-state index contributed by atoms with van der Waals surface area (Å²) in [5, 5.41) is 0. The van der Waals surface area contributed by atoms with Crippen molar-refractivity contribution in [2.24, 2.45) is 0 Å². The number of rotatable bonds is 3. The third kappa shape index (κ3) is 2.71. The fourth-order valence-corrected chi connectivity index (χ4v) is 3.12. The summed E-state index contributed by atoms with van der Waals surface area (Å²) in [6.45, 7) is 8.54. The topological polar surface area (TPSA) is 30.7 Å². The Morgan fingerprint density at radius 2 is 1.83 bits per heavy atom. The first-order valence-electron chi connectivity index (χ1n) is 8.11. The highest BCUT2D eigenvalue weighted by Gasteiger charge is 2.21. The molecule has 0 aliphatic carbocycles. The molecule has 2 aromatic heterocycles. The summed E-state index contributed by atoms with van der Waals surface area (Å²) in [6.07, 6.45) is 2.88. The summed E-state index contributed by atoms with van der Waals surface area (Å²) in [4.78, 5) is 11.7. The molecular weight excluding hydrogens is 298 g/mol. The van der Waals surface area contributed by atoms with E-state index in [0.29, 0.717) is 5.69 Å². The van der Waals surface area contributed by atoms with E-state index >= 15 is 0 Å². The number of methoxy groups -OCH3 is 1. The van der Waals surface area contributed by atoms with Gasteiger partial charge in [0.2, 0.25) is 0 Å². The summed E-state index contributed by atoms with van der Waals surface area (Å²) >= 11 is 0. The molecule has 0 aliphatic heterocycles. The highest BCUT2D eigenvalue weighted by Crippen LogP contribution is 2.36. The van der Waals surface area contributed by atoms with Gasteiger partial charge in [-0.15, -0.1) is 0 Å². The molecule has 0 N–H and O–H groups in total. The number of nitrogens with zero attached hydrogens (tertiary/aromatic N) is 1. The van der Waals surface area contributed by atoms with Gasteiger partial charge in [0.05, 0.1) is 12.8 Å². The number of carbonyl (C=O) groups is 1. The Balaban J connectivity index is 2.26. The molecule has 0 spiro atoms. The Bertz CT molecular complexity index is 913. The van der Waals surface area contributed by atoms with Crippen molar-refractivity contribution in [1.29, 1.82) is 0 Å². The molecule has 3 aromatic rings. The summed E-state index contributed by atoms with van der Waals surface area (Å²) in [5.41, 5.74) is 5.95. The van der Waals surface area contributed by atoms with Crippen molar-refractivity contribution in [1.82, 2.24) is 4.40 Å². The van der Waals surface area contributed by atoms with Gasteiger partial charge in [-0.1, -0.05) is 26.8 Å². The minimum Gasteiger partial charge on any atom is -0.496 e. The van der Waals surface area contributed by atoms with Crippen molar-refractivity contribution in [3.8, 4) is 16.9 Å². The first-order chi connectivity index (χ1) is 11.3. The maximum atomic E-state index is 11.7. The molecule has 0 radical (unpaired) electrons. The molecule has 0 saturated carbocycles.